The monoisotopic (exact) mass is 203 g/mol. The van der Waals surface area contributed by atoms with E-state index in [9.17, 15) is 4.39 Å². The highest BCUT2D eigenvalue weighted by atomic mass is 35.5. The van der Waals surface area contributed by atoms with Gasteiger partial charge in [0.2, 0.25) is 5.28 Å². The van der Waals surface area contributed by atoms with Crippen LogP contribution in [0.1, 0.15) is 0 Å². The van der Waals surface area contributed by atoms with E-state index in [-0.39, 0.29) is 11.1 Å². The molecule has 0 spiro atoms. The highest BCUT2D eigenvalue weighted by Gasteiger charge is 2.07. The van der Waals surface area contributed by atoms with Crippen molar-refractivity contribution >= 4 is 32.0 Å². The molecule has 0 N–H and O–H groups in total. The molecule has 0 bridgehead atoms. The summed E-state index contributed by atoms with van der Waals surface area (Å²) in [6, 6.07) is 0. The first-order chi connectivity index (χ1) is 5.68. The van der Waals surface area contributed by atoms with Gasteiger partial charge in [-0.25, -0.2) is 9.37 Å². The molecule has 2 aromatic rings. The van der Waals surface area contributed by atoms with Crippen LogP contribution in [-0.2, 0) is 0 Å². The van der Waals surface area contributed by atoms with Gasteiger partial charge < -0.3 is 4.34 Å². The van der Waals surface area contributed by atoms with Gasteiger partial charge in [0.25, 0.3) is 0 Å². The van der Waals surface area contributed by atoms with Crippen LogP contribution < -0.4 is 0 Å². The maximum atomic E-state index is 13.0. The van der Waals surface area contributed by atoms with Gasteiger partial charge in [0.1, 0.15) is 0 Å². The lowest BCUT2D eigenvalue weighted by molar-refractivity contribution is 0.638. The van der Waals surface area contributed by atoms with E-state index in [4.69, 9.17) is 11.6 Å². The molecule has 0 saturated heterocycles. The van der Waals surface area contributed by atoms with Crippen molar-refractivity contribution in [3.05, 3.63) is 23.5 Å². The zero-order valence-corrected chi connectivity index (χ0v) is 7.74. The van der Waals surface area contributed by atoms with Crippen LogP contribution in [0.2, 0.25) is 5.28 Å². The third-order valence-corrected chi connectivity index (χ3v) is 2.07. The van der Waals surface area contributed by atoms with E-state index in [1.54, 1.807) is 0 Å². The zero-order chi connectivity index (χ0) is 8.72. The summed E-state index contributed by atoms with van der Waals surface area (Å²) in [5, 5.41) is 0.485. The van der Waals surface area contributed by atoms with Crippen molar-refractivity contribution in [1.82, 2.24) is 14.3 Å². The molecule has 12 heavy (non-hydrogen) atoms. The molecule has 62 valence electrons. The second-order valence-corrected chi connectivity index (χ2v) is 3.16. The summed E-state index contributed by atoms with van der Waals surface area (Å²) in [4.78, 5) is 7.53. The average Bonchev–Trinajstić information content (AvgIpc) is 2.28. The number of halogens is 2. The van der Waals surface area contributed by atoms with E-state index in [1.165, 1.54) is 16.7 Å². The Morgan fingerprint density at radius 2 is 2.33 bits per heavy atom. The van der Waals surface area contributed by atoms with Crippen LogP contribution in [0, 0.1) is 5.82 Å². The molecule has 0 saturated carbocycles. The van der Waals surface area contributed by atoms with E-state index in [0.717, 1.165) is 0 Å². The van der Waals surface area contributed by atoms with Crippen LogP contribution in [0.25, 0.3) is 11.0 Å². The number of fused-ring (bicyclic) bond motifs is 1. The fourth-order valence-electron chi connectivity index (χ4n) is 0.970. The fraction of sp³-hybridized carbons (Fsp3) is 0. The molecule has 0 amide bonds. The van der Waals surface area contributed by atoms with E-state index in [1.807, 2.05) is 0 Å². The second-order valence-electron chi connectivity index (χ2n) is 2.26. The Bertz CT molecular complexity index is 442. The molecule has 2 aromatic heterocycles. The SMILES string of the molecule is Fc1cn(P)c2nc(Cl)ncc12. The van der Waals surface area contributed by atoms with Crippen molar-refractivity contribution in [2.24, 2.45) is 0 Å². The molecule has 3 nitrogen and oxygen atoms in total. The summed E-state index contributed by atoms with van der Waals surface area (Å²) in [6.07, 6.45) is 2.67. The predicted octanol–water partition coefficient (Wildman–Crippen LogP) is 1.86. The highest BCUT2D eigenvalue weighted by molar-refractivity contribution is 7.14. The molecule has 1 unspecified atom stereocenters. The Morgan fingerprint density at radius 3 is 3.08 bits per heavy atom. The van der Waals surface area contributed by atoms with Gasteiger partial charge in [-0.05, 0) is 21.0 Å². The molecule has 0 aliphatic carbocycles. The summed E-state index contributed by atoms with van der Waals surface area (Å²) in [5.41, 5.74) is 0.470. The summed E-state index contributed by atoms with van der Waals surface area (Å²) >= 11 is 5.53. The van der Waals surface area contributed by atoms with Crippen LogP contribution in [0.4, 0.5) is 4.39 Å². The largest absolute Gasteiger partial charge is 0.314 e. The Balaban J connectivity index is 2.90. The van der Waals surface area contributed by atoms with Crippen LogP contribution in [0.3, 0.4) is 0 Å². The molecule has 0 aliphatic rings. The smallest absolute Gasteiger partial charge is 0.224 e. The standard InChI is InChI=1S/C6H4ClFN3P/c7-6-9-1-3-4(8)2-11(12)5(3)10-6/h1-2H,12H2. The summed E-state index contributed by atoms with van der Waals surface area (Å²) in [7, 11) is 2.31. The number of hydrogen-bond donors (Lipinski definition) is 0. The van der Waals surface area contributed by atoms with Crippen molar-refractivity contribution < 1.29 is 4.39 Å². The lowest BCUT2D eigenvalue weighted by Crippen LogP contribution is -1.84. The van der Waals surface area contributed by atoms with Crippen molar-refractivity contribution in [1.29, 1.82) is 0 Å². The van der Waals surface area contributed by atoms with Crippen molar-refractivity contribution in [2.75, 3.05) is 0 Å². The molecule has 0 aromatic carbocycles. The maximum absolute atomic E-state index is 13.0. The van der Waals surface area contributed by atoms with Crippen LogP contribution in [0.15, 0.2) is 12.4 Å². The molecular formula is C6H4ClFN3P. The van der Waals surface area contributed by atoms with Gasteiger partial charge >= 0.3 is 0 Å². The first kappa shape index (κ1) is 7.90. The zero-order valence-electron chi connectivity index (χ0n) is 5.83. The van der Waals surface area contributed by atoms with Gasteiger partial charge in [0.15, 0.2) is 11.5 Å². The Morgan fingerprint density at radius 1 is 1.58 bits per heavy atom. The average molecular weight is 204 g/mol. The Kier molecular flexibility index (Phi) is 1.74. The third-order valence-electron chi connectivity index (χ3n) is 1.49. The normalized spacial score (nSPS) is 10.9. The number of rotatable bonds is 0. The molecule has 0 aliphatic heterocycles. The molecule has 2 rings (SSSR count). The summed E-state index contributed by atoms with van der Waals surface area (Å²) < 4.78 is 14.5. The molecule has 6 heteroatoms. The van der Waals surface area contributed by atoms with Gasteiger partial charge in [-0.1, -0.05) is 0 Å². The van der Waals surface area contributed by atoms with Gasteiger partial charge in [0.05, 0.1) is 5.39 Å². The number of nitrogens with zero attached hydrogens (tertiary/aromatic N) is 3. The van der Waals surface area contributed by atoms with E-state index >= 15 is 0 Å². The molecule has 0 fully saturated rings. The van der Waals surface area contributed by atoms with Crippen molar-refractivity contribution in [2.45, 2.75) is 0 Å². The molecular weight excluding hydrogens is 200 g/mol. The highest BCUT2D eigenvalue weighted by Crippen LogP contribution is 2.20. The maximum Gasteiger partial charge on any atom is 0.224 e. The van der Waals surface area contributed by atoms with E-state index < -0.39 is 0 Å². The van der Waals surface area contributed by atoms with E-state index in [0.29, 0.717) is 11.0 Å². The minimum atomic E-state index is -0.350. The molecule has 2 heterocycles. The first-order valence-corrected chi connectivity index (χ1v) is 4.02. The van der Waals surface area contributed by atoms with Crippen molar-refractivity contribution in [3.63, 3.8) is 0 Å². The lowest BCUT2D eigenvalue weighted by atomic mass is 10.4. The molecule has 0 radical (unpaired) electrons. The summed E-state index contributed by atoms with van der Waals surface area (Å²) in [6.45, 7) is 0. The predicted molar refractivity (Wildman–Crippen MR) is 47.6 cm³/mol. The van der Waals surface area contributed by atoms with Crippen LogP contribution in [0.5, 0.6) is 0 Å². The van der Waals surface area contributed by atoms with Crippen molar-refractivity contribution in [3.8, 4) is 0 Å². The second kappa shape index (κ2) is 2.64. The quantitative estimate of drug-likeness (QED) is 0.483. The van der Waals surface area contributed by atoms with Gasteiger partial charge in [-0.3, -0.25) is 0 Å². The minimum absolute atomic E-state index is 0.115. The van der Waals surface area contributed by atoms with Gasteiger partial charge in [-0.2, -0.15) is 4.98 Å². The Hall–Kier alpha value is -0.730. The minimum Gasteiger partial charge on any atom is -0.314 e. The first-order valence-electron chi connectivity index (χ1n) is 3.12. The van der Waals surface area contributed by atoms with Crippen LogP contribution >= 0.6 is 21.0 Å². The number of aromatic nitrogens is 3. The van der Waals surface area contributed by atoms with Gasteiger partial charge in [-0.15, -0.1) is 0 Å². The molecule has 1 atom stereocenters. The topological polar surface area (TPSA) is 30.7 Å². The lowest BCUT2D eigenvalue weighted by Gasteiger charge is -1.92. The third kappa shape index (κ3) is 1.08. The fourth-order valence-corrected chi connectivity index (χ4v) is 1.43. The van der Waals surface area contributed by atoms with Crippen LogP contribution in [-0.4, -0.2) is 14.3 Å². The van der Waals surface area contributed by atoms with E-state index in [2.05, 4.69) is 19.4 Å². The van der Waals surface area contributed by atoms with Gasteiger partial charge in [0, 0.05) is 12.4 Å². The Labute approximate surface area is 74.8 Å². The number of hydrogen-bond acceptors (Lipinski definition) is 2. The summed E-state index contributed by atoms with van der Waals surface area (Å²) in [5.74, 6) is -0.350.